The van der Waals surface area contributed by atoms with Gasteiger partial charge in [-0.2, -0.15) is 0 Å². The van der Waals surface area contributed by atoms with Crippen LogP contribution in [-0.4, -0.2) is 30.8 Å². The van der Waals surface area contributed by atoms with Crippen LogP contribution < -0.4 is 10.2 Å². The molecule has 1 fully saturated rings. The minimum absolute atomic E-state index is 0.105. The zero-order chi connectivity index (χ0) is 15.2. The normalized spacial score (nSPS) is 17.6. The molecule has 4 nitrogen and oxygen atoms in total. The number of aliphatic hydroxyl groups is 1. The van der Waals surface area contributed by atoms with E-state index in [4.69, 9.17) is 4.42 Å². The Morgan fingerprint density at radius 3 is 2.55 bits per heavy atom. The molecular formula is C18H24N2O2. The first-order valence-corrected chi connectivity index (χ1v) is 8.07. The molecule has 0 amide bonds. The Morgan fingerprint density at radius 2 is 1.91 bits per heavy atom. The van der Waals surface area contributed by atoms with E-state index in [1.165, 1.54) is 5.69 Å². The zero-order valence-electron chi connectivity index (χ0n) is 12.8. The highest BCUT2D eigenvalue weighted by atomic mass is 16.3. The highest BCUT2D eigenvalue weighted by Crippen LogP contribution is 2.23. The molecule has 3 rings (SSSR count). The fourth-order valence-electron chi connectivity index (χ4n) is 3.15. The smallest absolute Gasteiger partial charge is 0.120 e. The number of rotatable bonds is 6. The monoisotopic (exact) mass is 300 g/mol. The first-order valence-electron chi connectivity index (χ1n) is 8.07. The van der Waals surface area contributed by atoms with Crippen LogP contribution in [0.1, 0.15) is 31.1 Å². The fourth-order valence-corrected chi connectivity index (χ4v) is 3.15. The van der Waals surface area contributed by atoms with Crippen molar-refractivity contribution >= 4 is 5.69 Å². The molecule has 1 aliphatic heterocycles. The van der Waals surface area contributed by atoms with Crippen molar-refractivity contribution in [3.63, 3.8) is 0 Å². The first-order chi connectivity index (χ1) is 10.9. The molecule has 0 unspecified atom stereocenters. The van der Waals surface area contributed by atoms with Crippen LogP contribution >= 0.6 is 0 Å². The van der Waals surface area contributed by atoms with Gasteiger partial charge in [-0.25, -0.2) is 0 Å². The number of aliphatic hydroxyl groups excluding tert-OH is 1. The number of para-hydroxylation sites is 1. The van der Waals surface area contributed by atoms with Gasteiger partial charge in [0.1, 0.15) is 5.76 Å². The third-order valence-electron chi connectivity index (χ3n) is 4.36. The van der Waals surface area contributed by atoms with Crippen LogP contribution in [0.3, 0.4) is 0 Å². The van der Waals surface area contributed by atoms with Gasteiger partial charge < -0.3 is 19.7 Å². The molecule has 0 bridgehead atoms. The molecule has 0 radical (unpaired) electrons. The summed E-state index contributed by atoms with van der Waals surface area (Å²) in [5.74, 6) is 0.916. The third kappa shape index (κ3) is 3.70. The van der Waals surface area contributed by atoms with Crippen molar-refractivity contribution in [1.29, 1.82) is 0 Å². The standard InChI is InChI=1S/C18H24N2O2/c21-13-10-17(18-7-4-14-22-18)19-15-8-11-20(12-9-15)16-5-2-1-3-6-16/h1-7,14-15,17,19,21H,8-13H2/t17-/m1/s1. The van der Waals surface area contributed by atoms with Gasteiger partial charge in [-0.1, -0.05) is 18.2 Å². The number of hydrogen-bond donors (Lipinski definition) is 2. The van der Waals surface area contributed by atoms with Crippen LogP contribution in [0.25, 0.3) is 0 Å². The van der Waals surface area contributed by atoms with Gasteiger partial charge in [0.2, 0.25) is 0 Å². The third-order valence-corrected chi connectivity index (χ3v) is 4.36. The summed E-state index contributed by atoms with van der Waals surface area (Å²) in [5, 5.41) is 12.9. The first kappa shape index (κ1) is 15.1. The summed E-state index contributed by atoms with van der Waals surface area (Å²) in [7, 11) is 0. The van der Waals surface area contributed by atoms with Crippen LogP contribution in [0, 0.1) is 0 Å². The van der Waals surface area contributed by atoms with Gasteiger partial charge in [-0.15, -0.1) is 0 Å². The number of piperidine rings is 1. The predicted molar refractivity (Wildman–Crippen MR) is 88.0 cm³/mol. The zero-order valence-corrected chi connectivity index (χ0v) is 12.8. The van der Waals surface area contributed by atoms with Gasteiger partial charge in [-0.05, 0) is 43.5 Å². The lowest BCUT2D eigenvalue weighted by atomic mass is 10.0. The molecular weight excluding hydrogens is 276 g/mol. The molecule has 2 N–H and O–H groups in total. The van der Waals surface area contributed by atoms with Crippen molar-refractivity contribution in [2.45, 2.75) is 31.3 Å². The minimum atomic E-state index is 0.105. The number of anilines is 1. The second kappa shape index (κ2) is 7.47. The van der Waals surface area contributed by atoms with Crippen LogP contribution in [0.15, 0.2) is 53.1 Å². The van der Waals surface area contributed by atoms with E-state index in [1.807, 2.05) is 12.1 Å². The van der Waals surface area contributed by atoms with E-state index in [-0.39, 0.29) is 12.6 Å². The Kier molecular flexibility index (Phi) is 5.14. The van der Waals surface area contributed by atoms with Crippen molar-refractivity contribution in [3.05, 3.63) is 54.5 Å². The Labute approximate surface area is 131 Å². The molecule has 0 aliphatic carbocycles. The van der Waals surface area contributed by atoms with E-state index < -0.39 is 0 Å². The second-order valence-corrected chi connectivity index (χ2v) is 5.84. The molecule has 1 aromatic carbocycles. The quantitative estimate of drug-likeness (QED) is 0.861. The Bertz CT molecular complexity index is 533. The van der Waals surface area contributed by atoms with E-state index in [1.54, 1.807) is 6.26 Å². The number of benzene rings is 1. The van der Waals surface area contributed by atoms with Crippen LogP contribution in [0.4, 0.5) is 5.69 Å². The summed E-state index contributed by atoms with van der Waals surface area (Å²) >= 11 is 0. The van der Waals surface area contributed by atoms with E-state index in [0.29, 0.717) is 12.5 Å². The summed E-state index contributed by atoms with van der Waals surface area (Å²) < 4.78 is 5.50. The number of hydrogen-bond acceptors (Lipinski definition) is 4. The molecule has 22 heavy (non-hydrogen) atoms. The maximum absolute atomic E-state index is 9.27. The van der Waals surface area contributed by atoms with Crippen molar-refractivity contribution in [2.75, 3.05) is 24.6 Å². The van der Waals surface area contributed by atoms with Crippen molar-refractivity contribution < 1.29 is 9.52 Å². The van der Waals surface area contributed by atoms with Gasteiger partial charge in [-0.3, -0.25) is 0 Å². The van der Waals surface area contributed by atoms with Crippen molar-refractivity contribution in [2.24, 2.45) is 0 Å². The maximum Gasteiger partial charge on any atom is 0.120 e. The Morgan fingerprint density at radius 1 is 1.14 bits per heavy atom. The summed E-state index contributed by atoms with van der Waals surface area (Å²) in [6.45, 7) is 2.29. The molecule has 1 aromatic heterocycles. The average Bonchev–Trinajstić information content (AvgIpc) is 3.10. The van der Waals surface area contributed by atoms with Gasteiger partial charge in [0.05, 0.1) is 12.3 Å². The molecule has 2 heterocycles. The summed E-state index contributed by atoms with van der Waals surface area (Å²) in [5.41, 5.74) is 1.30. The predicted octanol–water partition coefficient (Wildman–Crippen LogP) is 2.96. The van der Waals surface area contributed by atoms with E-state index in [9.17, 15) is 5.11 Å². The Balaban J connectivity index is 1.54. The molecule has 2 aromatic rings. The number of nitrogens with zero attached hydrogens (tertiary/aromatic N) is 1. The topological polar surface area (TPSA) is 48.6 Å². The molecule has 118 valence electrons. The lowest BCUT2D eigenvalue weighted by Crippen LogP contribution is -2.43. The van der Waals surface area contributed by atoms with E-state index in [0.717, 1.165) is 31.7 Å². The lowest BCUT2D eigenvalue weighted by molar-refractivity contribution is 0.239. The van der Waals surface area contributed by atoms with E-state index in [2.05, 4.69) is 40.5 Å². The number of furan rings is 1. The SMILES string of the molecule is OCC[C@@H](NC1CCN(c2ccccc2)CC1)c1ccco1. The van der Waals surface area contributed by atoms with Gasteiger partial charge in [0.25, 0.3) is 0 Å². The lowest BCUT2D eigenvalue weighted by Gasteiger charge is -2.35. The van der Waals surface area contributed by atoms with E-state index >= 15 is 0 Å². The molecule has 1 atom stereocenters. The van der Waals surface area contributed by atoms with Crippen LogP contribution in [0.5, 0.6) is 0 Å². The fraction of sp³-hybridized carbons (Fsp3) is 0.444. The van der Waals surface area contributed by atoms with Crippen molar-refractivity contribution in [3.8, 4) is 0 Å². The highest BCUT2D eigenvalue weighted by molar-refractivity contribution is 5.46. The average molecular weight is 300 g/mol. The highest BCUT2D eigenvalue weighted by Gasteiger charge is 2.23. The molecule has 0 spiro atoms. The minimum Gasteiger partial charge on any atom is -0.468 e. The molecule has 1 saturated heterocycles. The van der Waals surface area contributed by atoms with Gasteiger partial charge in [0.15, 0.2) is 0 Å². The summed E-state index contributed by atoms with van der Waals surface area (Å²) in [4.78, 5) is 2.44. The van der Waals surface area contributed by atoms with Gasteiger partial charge >= 0.3 is 0 Å². The summed E-state index contributed by atoms with van der Waals surface area (Å²) in [6, 6.07) is 15.0. The van der Waals surface area contributed by atoms with Crippen LogP contribution in [0.2, 0.25) is 0 Å². The molecule has 0 saturated carbocycles. The van der Waals surface area contributed by atoms with Crippen molar-refractivity contribution in [1.82, 2.24) is 5.32 Å². The Hall–Kier alpha value is -1.78. The maximum atomic E-state index is 9.27. The molecule has 1 aliphatic rings. The van der Waals surface area contributed by atoms with Gasteiger partial charge in [0, 0.05) is 31.4 Å². The largest absolute Gasteiger partial charge is 0.468 e. The van der Waals surface area contributed by atoms with Crippen LogP contribution in [-0.2, 0) is 0 Å². The summed E-state index contributed by atoms with van der Waals surface area (Å²) in [6.07, 6.45) is 4.60. The molecule has 4 heteroatoms. The second-order valence-electron chi connectivity index (χ2n) is 5.84. The number of nitrogens with one attached hydrogen (secondary N) is 1.